The van der Waals surface area contributed by atoms with Gasteiger partial charge in [-0.2, -0.15) is 0 Å². The van der Waals surface area contributed by atoms with Crippen molar-refractivity contribution < 1.29 is 13.7 Å². The minimum atomic E-state index is -1.25. The highest BCUT2D eigenvalue weighted by Crippen LogP contribution is 2.17. The van der Waals surface area contributed by atoms with Gasteiger partial charge in [0.1, 0.15) is 5.75 Å². The average Bonchev–Trinajstić information content (AvgIpc) is 2.40. The number of rotatable bonds is 4. The van der Waals surface area contributed by atoms with Crippen molar-refractivity contribution in [3.8, 4) is 0 Å². The molecule has 0 aromatic heterocycles. The summed E-state index contributed by atoms with van der Waals surface area (Å²) < 4.78 is 17.8. The maximum Gasteiger partial charge on any atom is 0.235 e. The van der Waals surface area contributed by atoms with Crippen LogP contribution in [0.5, 0.6) is 0 Å². The fraction of sp³-hybridized carbons (Fsp3) is 0.533. The standard InChI is InChI=1S/C15H20ClNO3S/c1-11-7-17(8-12(2)20-11)15(18)10-21(19)9-13-5-3-4-6-14(13)16/h3-6,11-12H,7-10H2,1-2H3/t11-,12+,21-/m1/s1. The Kier molecular flexibility index (Phi) is 5.79. The topological polar surface area (TPSA) is 46.6 Å². The van der Waals surface area contributed by atoms with E-state index in [2.05, 4.69) is 0 Å². The third-order valence-electron chi connectivity index (χ3n) is 3.33. The number of hydrogen-bond donors (Lipinski definition) is 0. The Morgan fingerprint density at radius 1 is 1.33 bits per heavy atom. The van der Waals surface area contributed by atoms with Crippen molar-refractivity contribution >= 4 is 28.3 Å². The van der Waals surface area contributed by atoms with Crippen LogP contribution in [-0.4, -0.2) is 46.1 Å². The van der Waals surface area contributed by atoms with Gasteiger partial charge in [0.05, 0.1) is 18.0 Å². The van der Waals surface area contributed by atoms with E-state index in [1.54, 1.807) is 11.0 Å². The Hall–Kier alpha value is -0.910. The minimum Gasteiger partial charge on any atom is -0.372 e. The third kappa shape index (κ3) is 4.80. The van der Waals surface area contributed by atoms with E-state index in [1.807, 2.05) is 32.0 Å². The number of benzene rings is 1. The van der Waals surface area contributed by atoms with Crippen LogP contribution < -0.4 is 0 Å². The van der Waals surface area contributed by atoms with Crippen molar-refractivity contribution in [2.24, 2.45) is 0 Å². The number of carbonyl (C=O) groups is 1. The average molecular weight is 330 g/mol. The Labute approximate surface area is 132 Å². The molecule has 1 aliphatic heterocycles. The lowest BCUT2D eigenvalue weighted by molar-refractivity contribution is -0.140. The van der Waals surface area contributed by atoms with Gasteiger partial charge in [-0.3, -0.25) is 9.00 Å². The normalized spacial score (nSPS) is 23.9. The zero-order chi connectivity index (χ0) is 15.4. The maximum atomic E-state index is 12.2. The molecule has 0 unspecified atom stereocenters. The lowest BCUT2D eigenvalue weighted by Gasteiger charge is -2.35. The second-order valence-corrected chi connectivity index (χ2v) is 7.24. The second kappa shape index (κ2) is 7.38. The Morgan fingerprint density at radius 2 is 1.95 bits per heavy atom. The summed E-state index contributed by atoms with van der Waals surface area (Å²) in [6, 6.07) is 7.28. The first-order valence-corrected chi connectivity index (χ1v) is 8.84. The number of nitrogens with zero attached hydrogens (tertiary/aromatic N) is 1. The number of amides is 1. The predicted molar refractivity (Wildman–Crippen MR) is 84.8 cm³/mol. The van der Waals surface area contributed by atoms with E-state index < -0.39 is 10.8 Å². The molecule has 1 aromatic carbocycles. The summed E-state index contributed by atoms with van der Waals surface area (Å²) in [7, 11) is -1.25. The van der Waals surface area contributed by atoms with Gasteiger partial charge in [-0.1, -0.05) is 29.8 Å². The molecule has 0 aliphatic carbocycles. The molecule has 21 heavy (non-hydrogen) atoms. The molecule has 4 nitrogen and oxygen atoms in total. The summed E-state index contributed by atoms with van der Waals surface area (Å²) in [6.07, 6.45) is 0.0457. The Balaban J connectivity index is 1.90. The van der Waals surface area contributed by atoms with Gasteiger partial charge in [0.2, 0.25) is 5.91 Å². The van der Waals surface area contributed by atoms with Crippen LogP contribution in [0.3, 0.4) is 0 Å². The van der Waals surface area contributed by atoms with Crippen molar-refractivity contribution in [1.29, 1.82) is 0 Å². The summed E-state index contributed by atoms with van der Waals surface area (Å²) in [5.41, 5.74) is 0.814. The van der Waals surface area contributed by atoms with Gasteiger partial charge in [-0.25, -0.2) is 0 Å². The third-order valence-corrected chi connectivity index (χ3v) is 4.90. The highest BCUT2D eigenvalue weighted by Gasteiger charge is 2.26. The van der Waals surface area contributed by atoms with E-state index in [-0.39, 0.29) is 23.9 Å². The molecular weight excluding hydrogens is 310 g/mol. The van der Waals surface area contributed by atoms with Gasteiger partial charge in [-0.15, -0.1) is 0 Å². The smallest absolute Gasteiger partial charge is 0.235 e. The molecule has 3 atom stereocenters. The quantitative estimate of drug-likeness (QED) is 0.851. The lowest BCUT2D eigenvalue weighted by atomic mass is 10.2. The van der Waals surface area contributed by atoms with Crippen LogP contribution in [0.4, 0.5) is 0 Å². The van der Waals surface area contributed by atoms with Gasteiger partial charge < -0.3 is 9.64 Å². The molecule has 1 amide bonds. The van der Waals surface area contributed by atoms with Crippen molar-refractivity contribution in [3.63, 3.8) is 0 Å². The molecule has 0 spiro atoms. The van der Waals surface area contributed by atoms with E-state index >= 15 is 0 Å². The largest absolute Gasteiger partial charge is 0.372 e. The molecule has 1 aliphatic rings. The number of halogens is 1. The van der Waals surface area contributed by atoms with E-state index in [9.17, 15) is 9.00 Å². The predicted octanol–water partition coefficient (Wildman–Crippen LogP) is 2.22. The summed E-state index contributed by atoms with van der Waals surface area (Å²) in [5.74, 6) is 0.258. The molecule has 1 heterocycles. The number of hydrogen-bond acceptors (Lipinski definition) is 3. The number of carbonyl (C=O) groups excluding carboxylic acids is 1. The van der Waals surface area contributed by atoms with Crippen LogP contribution in [-0.2, 0) is 26.1 Å². The van der Waals surface area contributed by atoms with Crippen molar-refractivity contribution in [3.05, 3.63) is 34.9 Å². The number of morpholine rings is 1. The minimum absolute atomic E-state index is 0.0229. The van der Waals surface area contributed by atoms with Crippen LogP contribution in [0.15, 0.2) is 24.3 Å². The first-order chi connectivity index (χ1) is 9.95. The molecule has 1 saturated heterocycles. The van der Waals surface area contributed by atoms with Gasteiger partial charge in [0.15, 0.2) is 0 Å². The van der Waals surface area contributed by atoms with Gasteiger partial charge in [-0.05, 0) is 25.5 Å². The van der Waals surface area contributed by atoms with Crippen molar-refractivity contribution in [2.75, 3.05) is 18.8 Å². The SMILES string of the molecule is C[C@@H]1CN(C(=O)C[S@](=O)Cc2ccccc2Cl)C[C@H](C)O1. The Morgan fingerprint density at radius 3 is 2.57 bits per heavy atom. The molecule has 1 aromatic rings. The van der Waals surface area contributed by atoms with Crippen molar-refractivity contribution in [2.45, 2.75) is 31.8 Å². The van der Waals surface area contributed by atoms with Crippen LogP contribution in [0, 0.1) is 0 Å². The zero-order valence-electron chi connectivity index (χ0n) is 12.3. The molecule has 0 radical (unpaired) electrons. The fourth-order valence-electron chi connectivity index (χ4n) is 2.45. The maximum absolute atomic E-state index is 12.2. The van der Waals surface area contributed by atoms with E-state index in [0.29, 0.717) is 23.9 Å². The van der Waals surface area contributed by atoms with E-state index in [1.165, 1.54) is 0 Å². The number of ether oxygens (including phenoxy) is 1. The van der Waals surface area contributed by atoms with Crippen LogP contribution in [0.2, 0.25) is 5.02 Å². The molecule has 1 fully saturated rings. The van der Waals surface area contributed by atoms with Crippen LogP contribution in [0.25, 0.3) is 0 Å². The van der Waals surface area contributed by atoms with Crippen LogP contribution in [0.1, 0.15) is 19.4 Å². The van der Waals surface area contributed by atoms with Gasteiger partial charge in [0, 0.05) is 28.9 Å². The molecule has 6 heteroatoms. The zero-order valence-corrected chi connectivity index (χ0v) is 13.8. The molecule has 0 bridgehead atoms. The summed E-state index contributed by atoms with van der Waals surface area (Å²) in [6.45, 7) is 5.01. The molecule has 116 valence electrons. The molecule has 2 rings (SSSR count). The highest BCUT2D eigenvalue weighted by molar-refractivity contribution is 7.84. The molecule has 0 saturated carbocycles. The monoisotopic (exact) mass is 329 g/mol. The highest BCUT2D eigenvalue weighted by atomic mass is 35.5. The fourth-order valence-corrected chi connectivity index (χ4v) is 3.89. The van der Waals surface area contributed by atoms with Crippen molar-refractivity contribution in [1.82, 2.24) is 4.90 Å². The Bertz CT molecular complexity index is 527. The van der Waals surface area contributed by atoms with E-state index in [4.69, 9.17) is 16.3 Å². The summed E-state index contributed by atoms with van der Waals surface area (Å²) in [4.78, 5) is 14.0. The van der Waals surface area contributed by atoms with Crippen LogP contribution >= 0.6 is 11.6 Å². The first-order valence-electron chi connectivity index (χ1n) is 6.97. The summed E-state index contributed by atoms with van der Waals surface area (Å²) in [5, 5.41) is 0.590. The summed E-state index contributed by atoms with van der Waals surface area (Å²) >= 11 is 6.05. The second-order valence-electron chi connectivity index (χ2n) is 5.38. The lowest BCUT2D eigenvalue weighted by Crippen LogP contribution is -2.49. The van der Waals surface area contributed by atoms with Gasteiger partial charge in [0.25, 0.3) is 0 Å². The molecule has 0 N–H and O–H groups in total. The van der Waals surface area contributed by atoms with E-state index in [0.717, 1.165) is 5.56 Å². The van der Waals surface area contributed by atoms with Gasteiger partial charge >= 0.3 is 0 Å². The first kappa shape index (κ1) is 16.5. The molecular formula is C15H20ClNO3S.